The predicted molar refractivity (Wildman–Crippen MR) is 99.0 cm³/mol. The summed E-state index contributed by atoms with van der Waals surface area (Å²) in [5.41, 5.74) is 10.7. The van der Waals surface area contributed by atoms with Crippen LogP contribution in [0, 0.1) is 0 Å². The summed E-state index contributed by atoms with van der Waals surface area (Å²) in [7, 11) is 0. The van der Waals surface area contributed by atoms with E-state index in [1.807, 2.05) is 36.5 Å². The fraction of sp³-hybridized carbons (Fsp3) is 0. The number of rotatable bonds is 2. The molecule has 0 amide bonds. The van der Waals surface area contributed by atoms with E-state index in [1.165, 1.54) is 11.3 Å². The Hall–Kier alpha value is -3.05. The van der Waals surface area contributed by atoms with Gasteiger partial charge in [-0.3, -0.25) is 9.78 Å². The van der Waals surface area contributed by atoms with Crippen molar-refractivity contribution in [3.05, 3.63) is 77.2 Å². The lowest BCUT2D eigenvalue weighted by Gasteiger charge is -2.06. The Morgan fingerprint density at radius 2 is 1.79 bits per heavy atom. The van der Waals surface area contributed by atoms with Crippen LogP contribution in [0.4, 0.5) is 5.13 Å². The largest absolute Gasteiger partial charge is 0.375 e. The standard InChI is InChI=1S/C19H13N3OS/c20-19-22-17-10-14(12-3-1-5-15(23)7-6-12)9-16(18(17)24-19)13-4-2-8-21-11-13/h1-11H,(H2,20,22). The summed E-state index contributed by atoms with van der Waals surface area (Å²) >= 11 is 1.47. The third kappa shape index (κ3) is 2.66. The molecule has 0 saturated heterocycles. The number of nitrogens with two attached hydrogens (primary N) is 1. The third-order valence-electron chi connectivity index (χ3n) is 3.78. The van der Waals surface area contributed by atoms with Crippen LogP contribution in [0.5, 0.6) is 0 Å². The predicted octanol–water partition coefficient (Wildman–Crippen LogP) is 3.97. The molecule has 24 heavy (non-hydrogen) atoms. The van der Waals surface area contributed by atoms with Crippen LogP contribution in [-0.2, 0) is 0 Å². The number of pyridine rings is 1. The molecule has 4 aromatic rings. The van der Waals surface area contributed by atoms with Crippen LogP contribution in [0.25, 0.3) is 32.5 Å². The number of hydrogen-bond donors (Lipinski definition) is 1. The van der Waals surface area contributed by atoms with Gasteiger partial charge in [0.2, 0.25) is 0 Å². The van der Waals surface area contributed by atoms with Crippen molar-refractivity contribution < 1.29 is 0 Å². The first kappa shape index (κ1) is 14.5. The smallest absolute Gasteiger partial charge is 0.181 e. The monoisotopic (exact) mass is 331 g/mol. The minimum absolute atomic E-state index is 0.0206. The second-order valence-corrected chi connectivity index (χ2v) is 6.41. The van der Waals surface area contributed by atoms with Gasteiger partial charge in [-0.15, -0.1) is 0 Å². The number of nitrogens with zero attached hydrogens (tertiary/aromatic N) is 2. The fourth-order valence-electron chi connectivity index (χ4n) is 2.68. The van der Waals surface area contributed by atoms with Crippen molar-refractivity contribution >= 4 is 26.7 Å². The molecule has 0 aliphatic heterocycles. The maximum atomic E-state index is 11.5. The minimum atomic E-state index is -0.0206. The zero-order valence-corrected chi connectivity index (χ0v) is 13.5. The Kier molecular flexibility index (Phi) is 3.55. The second kappa shape index (κ2) is 5.86. The van der Waals surface area contributed by atoms with Crippen LogP contribution in [0.2, 0.25) is 0 Å². The van der Waals surface area contributed by atoms with E-state index in [0.717, 1.165) is 32.5 Å². The molecule has 116 valence electrons. The highest BCUT2D eigenvalue weighted by Crippen LogP contribution is 2.37. The van der Waals surface area contributed by atoms with Crippen molar-refractivity contribution in [2.45, 2.75) is 0 Å². The number of fused-ring (bicyclic) bond motifs is 1. The highest BCUT2D eigenvalue weighted by Gasteiger charge is 2.12. The summed E-state index contributed by atoms with van der Waals surface area (Å²) in [6, 6.07) is 16.6. The first-order valence-electron chi connectivity index (χ1n) is 7.42. The van der Waals surface area contributed by atoms with Gasteiger partial charge in [0, 0.05) is 23.5 Å². The van der Waals surface area contributed by atoms with Crippen LogP contribution in [0.3, 0.4) is 0 Å². The lowest BCUT2D eigenvalue weighted by molar-refractivity contribution is 1.33. The fourth-order valence-corrected chi connectivity index (χ4v) is 3.52. The molecule has 0 saturated carbocycles. The van der Waals surface area contributed by atoms with Gasteiger partial charge < -0.3 is 5.73 Å². The molecule has 2 heterocycles. The minimum Gasteiger partial charge on any atom is -0.375 e. The van der Waals surface area contributed by atoms with Gasteiger partial charge in [0.15, 0.2) is 10.6 Å². The van der Waals surface area contributed by atoms with Crippen molar-refractivity contribution in [2.24, 2.45) is 0 Å². The molecule has 0 unspecified atom stereocenters. The van der Waals surface area contributed by atoms with Gasteiger partial charge in [-0.1, -0.05) is 35.6 Å². The van der Waals surface area contributed by atoms with E-state index >= 15 is 0 Å². The molecule has 0 aliphatic rings. The molecule has 2 aromatic heterocycles. The van der Waals surface area contributed by atoms with Gasteiger partial charge in [0.05, 0.1) is 10.2 Å². The van der Waals surface area contributed by atoms with Gasteiger partial charge in [0.25, 0.3) is 0 Å². The van der Waals surface area contributed by atoms with Crippen molar-refractivity contribution in [1.29, 1.82) is 0 Å². The quantitative estimate of drug-likeness (QED) is 0.603. The van der Waals surface area contributed by atoms with Crippen molar-refractivity contribution in [2.75, 3.05) is 5.73 Å². The zero-order valence-electron chi connectivity index (χ0n) is 12.6. The van der Waals surface area contributed by atoms with E-state index in [2.05, 4.69) is 16.0 Å². The highest BCUT2D eigenvalue weighted by atomic mass is 32.1. The molecular formula is C19H13N3OS. The Morgan fingerprint density at radius 3 is 2.62 bits per heavy atom. The van der Waals surface area contributed by atoms with E-state index < -0.39 is 0 Å². The van der Waals surface area contributed by atoms with E-state index in [0.29, 0.717) is 5.13 Å². The molecule has 0 fully saturated rings. The van der Waals surface area contributed by atoms with Gasteiger partial charge >= 0.3 is 0 Å². The van der Waals surface area contributed by atoms with Gasteiger partial charge in [0.1, 0.15) is 0 Å². The maximum absolute atomic E-state index is 11.5. The maximum Gasteiger partial charge on any atom is 0.181 e. The first-order chi connectivity index (χ1) is 11.7. The van der Waals surface area contributed by atoms with Crippen LogP contribution in [-0.4, -0.2) is 9.97 Å². The molecule has 0 spiro atoms. The summed E-state index contributed by atoms with van der Waals surface area (Å²) in [6.45, 7) is 0. The van der Waals surface area contributed by atoms with Crippen molar-refractivity contribution in [3.63, 3.8) is 0 Å². The molecule has 2 aromatic carbocycles. The molecule has 0 aliphatic carbocycles. The first-order valence-corrected chi connectivity index (χ1v) is 8.23. The lowest BCUT2D eigenvalue weighted by Crippen LogP contribution is -1.87. The number of benzene rings is 1. The molecule has 0 radical (unpaired) electrons. The summed E-state index contributed by atoms with van der Waals surface area (Å²) in [4.78, 5) is 20.2. The van der Waals surface area contributed by atoms with Gasteiger partial charge in [-0.25, -0.2) is 4.98 Å². The van der Waals surface area contributed by atoms with E-state index in [4.69, 9.17) is 5.73 Å². The van der Waals surface area contributed by atoms with E-state index in [-0.39, 0.29) is 5.43 Å². The van der Waals surface area contributed by atoms with Crippen LogP contribution < -0.4 is 11.2 Å². The molecular weight excluding hydrogens is 318 g/mol. The number of hydrogen-bond acceptors (Lipinski definition) is 5. The molecule has 2 N–H and O–H groups in total. The average Bonchev–Trinajstić information content (AvgIpc) is 2.83. The van der Waals surface area contributed by atoms with Gasteiger partial charge in [-0.05, 0) is 41.5 Å². The number of nitrogen functional groups attached to an aromatic ring is 1. The Labute approximate surface area is 142 Å². The molecule has 0 bridgehead atoms. The van der Waals surface area contributed by atoms with Crippen LogP contribution in [0.15, 0.2) is 71.8 Å². The SMILES string of the molecule is Nc1nc2cc(-c3cccc(=O)cc3)cc(-c3cccnc3)c2s1. The Bertz CT molecular complexity index is 1090. The van der Waals surface area contributed by atoms with E-state index in [1.54, 1.807) is 24.4 Å². The molecule has 4 rings (SSSR count). The summed E-state index contributed by atoms with van der Waals surface area (Å²) in [5, 5.41) is 0.535. The Balaban J connectivity index is 2.01. The summed E-state index contributed by atoms with van der Waals surface area (Å²) < 4.78 is 1.04. The topological polar surface area (TPSA) is 68.9 Å². The highest BCUT2D eigenvalue weighted by molar-refractivity contribution is 7.22. The number of aromatic nitrogens is 2. The van der Waals surface area contributed by atoms with Crippen LogP contribution in [0.1, 0.15) is 0 Å². The summed E-state index contributed by atoms with van der Waals surface area (Å²) in [5.74, 6) is 0. The Morgan fingerprint density at radius 1 is 0.917 bits per heavy atom. The van der Waals surface area contributed by atoms with Gasteiger partial charge in [-0.2, -0.15) is 0 Å². The lowest BCUT2D eigenvalue weighted by atomic mass is 10.00. The van der Waals surface area contributed by atoms with Crippen molar-refractivity contribution in [3.8, 4) is 22.3 Å². The average molecular weight is 331 g/mol. The molecule has 0 atom stereocenters. The van der Waals surface area contributed by atoms with Crippen molar-refractivity contribution in [1.82, 2.24) is 9.97 Å². The zero-order chi connectivity index (χ0) is 16.5. The number of anilines is 1. The van der Waals surface area contributed by atoms with Crippen LogP contribution >= 0.6 is 11.3 Å². The normalized spacial score (nSPS) is 10.8. The second-order valence-electron chi connectivity index (χ2n) is 5.38. The molecule has 5 heteroatoms. The van der Waals surface area contributed by atoms with E-state index in [9.17, 15) is 4.79 Å². The molecule has 4 nitrogen and oxygen atoms in total. The number of thiazole rings is 1. The summed E-state index contributed by atoms with van der Waals surface area (Å²) in [6.07, 6.45) is 3.58. The third-order valence-corrected chi connectivity index (χ3v) is 4.71.